The van der Waals surface area contributed by atoms with Crippen molar-refractivity contribution in [3.05, 3.63) is 77.2 Å². The molecule has 6 rings (SSSR count). The highest BCUT2D eigenvalue weighted by atomic mass is 19.3. The number of hydrogen-bond donors (Lipinski definition) is 1. The van der Waals surface area contributed by atoms with Gasteiger partial charge in [0.15, 0.2) is 5.65 Å². The number of nitrogens with zero attached hydrogens (tertiary/aromatic N) is 7. The first kappa shape index (κ1) is 32.4. The van der Waals surface area contributed by atoms with E-state index in [-0.39, 0.29) is 53.7 Å². The highest BCUT2D eigenvalue weighted by molar-refractivity contribution is 5.81. The third-order valence-electron chi connectivity index (χ3n) is 9.02. The number of aliphatic hydroxyl groups is 1. The summed E-state index contributed by atoms with van der Waals surface area (Å²) in [6.07, 6.45) is 5.97. The first-order chi connectivity index (χ1) is 22.3. The molecule has 5 heterocycles. The number of likely N-dealkylation sites (tertiary alicyclic amines) is 2. The van der Waals surface area contributed by atoms with Gasteiger partial charge in [0, 0.05) is 44.2 Å². The van der Waals surface area contributed by atoms with Gasteiger partial charge in [-0.15, -0.1) is 0 Å². The second-order valence-corrected chi connectivity index (χ2v) is 13.4. The Morgan fingerprint density at radius 1 is 1.09 bits per heavy atom. The summed E-state index contributed by atoms with van der Waals surface area (Å²) < 4.78 is 35.0. The molecule has 47 heavy (non-hydrogen) atoms. The summed E-state index contributed by atoms with van der Waals surface area (Å²) in [6, 6.07) is 11.3. The van der Waals surface area contributed by atoms with Gasteiger partial charge >= 0.3 is 12.6 Å². The summed E-state index contributed by atoms with van der Waals surface area (Å²) >= 11 is 0. The lowest BCUT2D eigenvalue weighted by atomic mass is 9.79. The van der Waals surface area contributed by atoms with Gasteiger partial charge < -0.3 is 19.6 Å². The van der Waals surface area contributed by atoms with Crippen LogP contribution in [-0.2, 0) is 16.1 Å². The van der Waals surface area contributed by atoms with E-state index in [1.165, 1.54) is 27.9 Å². The molecule has 3 aromatic heterocycles. The lowest BCUT2D eigenvalue weighted by Crippen LogP contribution is -2.53. The fraction of sp³-hybridized carbons (Fsp3) is 0.485. The largest absolute Gasteiger partial charge is 0.444 e. The lowest BCUT2D eigenvalue weighted by Gasteiger charge is -2.43. The van der Waals surface area contributed by atoms with E-state index < -0.39 is 23.8 Å². The van der Waals surface area contributed by atoms with E-state index >= 15 is 0 Å². The number of carbonyl (C=O) groups excluding carboxylic acids is 2. The normalized spacial score (nSPS) is 20.1. The van der Waals surface area contributed by atoms with Gasteiger partial charge in [-0.05, 0) is 51.7 Å². The Morgan fingerprint density at radius 3 is 2.47 bits per heavy atom. The van der Waals surface area contributed by atoms with Crippen molar-refractivity contribution in [1.82, 2.24) is 33.7 Å². The molecule has 0 bridgehead atoms. The third kappa shape index (κ3) is 6.78. The minimum Gasteiger partial charge on any atom is -0.444 e. The first-order valence-corrected chi connectivity index (χ1v) is 15.8. The summed E-state index contributed by atoms with van der Waals surface area (Å²) in [7, 11) is 0. The Bertz CT molecular complexity index is 1800. The molecule has 2 fully saturated rings. The number of aromatic nitrogens is 5. The van der Waals surface area contributed by atoms with Crippen molar-refractivity contribution in [2.75, 3.05) is 26.2 Å². The van der Waals surface area contributed by atoms with E-state index in [9.17, 15) is 28.3 Å². The van der Waals surface area contributed by atoms with Gasteiger partial charge in [0.1, 0.15) is 11.9 Å². The second-order valence-electron chi connectivity index (χ2n) is 13.4. The van der Waals surface area contributed by atoms with E-state index in [4.69, 9.17) is 4.74 Å². The maximum absolute atomic E-state index is 14.0. The Balaban J connectivity index is 1.13. The van der Waals surface area contributed by atoms with E-state index in [1.807, 2.05) is 51.1 Å². The van der Waals surface area contributed by atoms with Crippen molar-refractivity contribution in [2.45, 2.75) is 70.2 Å². The summed E-state index contributed by atoms with van der Waals surface area (Å²) in [6.45, 7) is 4.08. The molecular formula is C33H39F2N7O5. The number of ether oxygens (including phenoxy) is 1. The highest BCUT2D eigenvalue weighted by Gasteiger charge is 2.42. The minimum atomic E-state index is -2.79. The van der Waals surface area contributed by atoms with Crippen LogP contribution in [0.2, 0.25) is 0 Å². The van der Waals surface area contributed by atoms with Crippen LogP contribution in [0.25, 0.3) is 16.7 Å². The van der Waals surface area contributed by atoms with Crippen molar-refractivity contribution in [3.63, 3.8) is 0 Å². The van der Waals surface area contributed by atoms with Crippen molar-refractivity contribution in [3.8, 4) is 5.69 Å². The third-order valence-corrected chi connectivity index (χ3v) is 9.02. The van der Waals surface area contributed by atoms with E-state index in [1.54, 1.807) is 22.1 Å². The number of alkyl halides is 2. The van der Waals surface area contributed by atoms with Gasteiger partial charge in [-0.2, -0.15) is 13.9 Å². The monoisotopic (exact) mass is 651 g/mol. The summed E-state index contributed by atoms with van der Waals surface area (Å²) in [4.78, 5) is 48.1. The van der Waals surface area contributed by atoms with Gasteiger partial charge in [0.25, 0.3) is 5.56 Å². The standard InChI is InChI=1S/C33H39F2N7O5/c1-32(2,3)47-31(45)39-13-9-24(26(19-39)22-7-5-4-6-8-22)28(43)38-15-11-33(46,12-16-38)20-40-21-36-27-25(29(40)44)10-14-41(27)23-17-37-42(18-23)30(34)35/h4-8,10,14,17-18,21,24,26,30,46H,9,11-13,15-16,19-20H2,1-3H3/t24-,26+/m1/s1. The number of rotatable bonds is 6. The van der Waals surface area contributed by atoms with Crippen molar-refractivity contribution in [2.24, 2.45) is 5.92 Å². The number of fused-ring (bicyclic) bond motifs is 1. The van der Waals surface area contributed by atoms with E-state index in [0.29, 0.717) is 43.0 Å². The minimum absolute atomic E-state index is 0.00772. The van der Waals surface area contributed by atoms with Gasteiger partial charge in [-0.25, -0.2) is 14.5 Å². The predicted molar refractivity (Wildman–Crippen MR) is 168 cm³/mol. The molecule has 1 aromatic carbocycles. The van der Waals surface area contributed by atoms with Gasteiger partial charge in [-0.1, -0.05) is 30.3 Å². The maximum atomic E-state index is 14.0. The SMILES string of the molecule is CC(C)(C)OC(=O)N1CC[C@@H](C(=O)N2CCC(O)(Cn3cnc4c(ccn4-c4cnn(C(F)F)c4)c3=O)CC2)[C@H](c2ccccc2)C1. The van der Waals surface area contributed by atoms with Crippen LogP contribution < -0.4 is 5.56 Å². The number of amides is 2. The molecule has 4 aromatic rings. The predicted octanol–water partition coefficient (Wildman–Crippen LogP) is 4.17. The van der Waals surface area contributed by atoms with Crippen molar-refractivity contribution in [1.29, 1.82) is 0 Å². The zero-order chi connectivity index (χ0) is 33.5. The number of benzene rings is 1. The molecule has 12 nitrogen and oxygen atoms in total. The van der Waals surface area contributed by atoms with Crippen LogP contribution in [0, 0.1) is 5.92 Å². The Labute approximate surface area is 270 Å². The average molecular weight is 652 g/mol. The second kappa shape index (κ2) is 12.5. The number of hydrogen-bond acceptors (Lipinski definition) is 7. The topological polar surface area (TPSA) is 128 Å². The molecule has 14 heteroatoms. The average Bonchev–Trinajstić information content (AvgIpc) is 3.70. The van der Waals surface area contributed by atoms with E-state index in [2.05, 4.69) is 10.1 Å². The van der Waals surface area contributed by atoms with Gasteiger partial charge in [0.05, 0.1) is 35.6 Å². The lowest BCUT2D eigenvalue weighted by molar-refractivity contribution is -0.142. The smallest absolute Gasteiger partial charge is 0.410 e. The molecular weight excluding hydrogens is 612 g/mol. The zero-order valence-corrected chi connectivity index (χ0v) is 26.6. The summed E-state index contributed by atoms with van der Waals surface area (Å²) in [5, 5.41) is 15.4. The maximum Gasteiger partial charge on any atom is 0.410 e. The van der Waals surface area contributed by atoms with Crippen LogP contribution in [0.5, 0.6) is 0 Å². The van der Waals surface area contributed by atoms with Crippen LogP contribution in [-0.4, -0.2) is 88.2 Å². The Hall–Kier alpha value is -4.59. The zero-order valence-electron chi connectivity index (χ0n) is 26.6. The Morgan fingerprint density at radius 2 is 1.81 bits per heavy atom. The molecule has 0 unspecified atom stereocenters. The van der Waals surface area contributed by atoms with Crippen LogP contribution in [0.15, 0.2) is 66.1 Å². The number of halogens is 2. The quantitative estimate of drug-likeness (QED) is 0.332. The molecule has 250 valence electrons. The van der Waals surface area contributed by atoms with Crippen molar-refractivity contribution < 1.29 is 28.2 Å². The highest BCUT2D eigenvalue weighted by Crippen LogP contribution is 2.36. The fourth-order valence-corrected chi connectivity index (χ4v) is 6.57. The van der Waals surface area contributed by atoms with Crippen molar-refractivity contribution >= 4 is 23.0 Å². The van der Waals surface area contributed by atoms with Crippen LogP contribution in [0.3, 0.4) is 0 Å². The molecule has 1 N–H and O–H groups in total. The van der Waals surface area contributed by atoms with Crippen LogP contribution in [0.1, 0.15) is 58.1 Å². The van der Waals surface area contributed by atoms with E-state index in [0.717, 1.165) is 5.56 Å². The first-order valence-electron chi connectivity index (χ1n) is 15.8. The van der Waals surface area contributed by atoms with Gasteiger partial charge in [-0.3, -0.25) is 18.7 Å². The number of piperidine rings is 2. The summed E-state index contributed by atoms with van der Waals surface area (Å²) in [5.74, 6) is -0.561. The molecule has 2 saturated heterocycles. The molecule has 0 aliphatic carbocycles. The molecule has 2 aliphatic heterocycles. The Kier molecular flexibility index (Phi) is 8.64. The van der Waals surface area contributed by atoms with Crippen LogP contribution in [0.4, 0.5) is 13.6 Å². The molecule has 2 amide bonds. The number of carbonyl (C=O) groups is 2. The fourth-order valence-electron chi connectivity index (χ4n) is 6.57. The van der Waals surface area contributed by atoms with Crippen LogP contribution >= 0.6 is 0 Å². The molecule has 0 spiro atoms. The molecule has 0 radical (unpaired) electrons. The molecule has 0 saturated carbocycles. The molecule has 2 aliphatic rings. The molecule has 2 atom stereocenters. The summed E-state index contributed by atoms with van der Waals surface area (Å²) in [5.41, 5.74) is -0.631. The van der Waals surface area contributed by atoms with Gasteiger partial charge in [0.2, 0.25) is 5.91 Å².